The second-order valence-electron chi connectivity index (χ2n) is 2.47. The molecule has 0 aliphatic rings. The first kappa shape index (κ1) is 9.86. The standard InChI is InChI=1S/C10H10FO2/c1-2-13-10(7-12)8-5-3-4-6-9(8)11/h3-6,10H,2H2,1H3. The molecular formula is C10H10FO2. The van der Waals surface area contributed by atoms with Crippen molar-refractivity contribution in [2.75, 3.05) is 6.61 Å². The van der Waals surface area contributed by atoms with Crippen molar-refractivity contribution in [3.8, 4) is 0 Å². The third-order valence-corrected chi connectivity index (χ3v) is 1.63. The van der Waals surface area contributed by atoms with Crippen LogP contribution >= 0.6 is 0 Å². The van der Waals surface area contributed by atoms with Gasteiger partial charge >= 0.3 is 0 Å². The van der Waals surface area contributed by atoms with Crippen molar-refractivity contribution in [3.63, 3.8) is 0 Å². The molecule has 1 aromatic carbocycles. The van der Waals surface area contributed by atoms with Gasteiger partial charge in [0.1, 0.15) is 5.82 Å². The van der Waals surface area contributed by atoms with Gasteiger partial charge in [0.2, 0.25) is 6.29 Å². The average Bonchev–Trinajstić information content (AvgIpc) is 2.16. The Labute approximate surface area is 76.3 Å². The number of rotatable bonds is 4. The van der Waals surface area contributed by atoms with Crippen LogP contribution in [0, 0.1) is 5.82 Å². The molecule has 0 heterocycles. The molecule has 0 saturated carbocycles. The summed E-state index contributed by atoms with van der Waals surface area (Å²) in [4.78, 5) is 10.4. The van der Waals surface area contributed by atoms with Crippen molar-refractivity contribution in [2.24, 2.45) is 0 Å². The summed E-state index contributed by atoms with van der Waals surface area (Å²) in [5.74, 6) is -0.440. The van der Waals surface area contributed by atoms with Crippen LogP contribution in [0.1, 0.15) is 18.6 Å². The smallest absolute Gasteiger partial charge is 0.234 e. The molecule has 0 aliphatic carbocycles. The highest BCUT2D eigenvalue weighted by Crippen LogP contribution is 2.17. The van der Waals surface area contributed by atoms with Crippen molar-refractivity contribution in [1.82, 2.24) is 0 Å². The third kappa shape index (κ3) is 2.36. The van der Waals surface area contributed by atoms with Gasteiger partial charge in [0.05, 0.1) is 0 Å². The SMILES string of the molecule is CCOC([C]=O)c1ccccc1F. The number of benzene rings is 1. The fraction of sp³-hybridized carbons (Fsp3) is 0.300. The minimum absolute atomic E-state index is 0.236. The topological polar surface area (TPSA) is 26.3 Å². The van der Waals surface area contributed by atoms with E-state index >= 15 is 0 Å². The number of hydrogen-bond donors (Lipinski definition) is 0. The molecule has 0 amide bonds. The second kappa shape index (κ2) is 4.72. The molecule has 0 fully saturated rings. The van der Waals surface area contributed by atoms with E-state index in [0.717, 1.165) is 0 Å². The molecule has 1 aromatic rings. The van der Waals surface area contributed by atoms with E-state index in [2.05, 4.69) is 0 Å². The largest absolute Gasteiger partial charge is 0.365 e. The Morgan fingerprint density at radius 2 is 2.23 bits per heavy atom. The predicted molar refractivity (Wildman–Crippen MR) is 46.5 cm³/mol. The highest BCUT2D eigenvalue weighted by atomic mass is 19.1. The molecule has 1 unspecified atom stereocenters. The Balaban J connectivity index is 2.90. The van der Waals surface area contributed by atoms with Crippen molar-refractivity contribution < 1.29 is 13.9 Å². The van der Waals surface area contributed by atoms with Crippen molar-refractivity contribution >= 4 is 6.29 Å². The molecule has 0 aliphatic heterocycles. The maximum atomic E-state index is 13.1. The highest BCUT2D eigenvalue weighted by Gasteiger charge is 2.14. The maximum Gasteiger partial charge on any atom is 0.234 e. The van der Waals surface area contributed by atoms with E-state index in [1.807, 2.05) is 0 Å². The van der Waals surface area contributed by atoms with Gasteiger partial charge in [-0.25, -0.2) is 4.39 Å². The molecule has 0 aromatic heterocycles. The van der Waals surface area contributed by atoms with Gasteiger partial charge in [-0.05, 0) is 13.0 Å². The molecule has 69 valence electrons. The van der Waals surface area contributed by atoms with E-state index in [9.17, 15) is 9.18 Å². The monoisotopic (exact) mass is 181 g/mol. The van der Waals surface area contributed by atoms with E-state index in [4.69, 9.17) is 4.74 Å². The Kier molecular flexibility index (Phi) is 3.58. The lowest BCUT2D eigenvalue weighted by Gasteiger charge is -2.09. The van der Waals surface area contributed by atoms with Crippen LogP contribution in [0.5, 0.6) is 0 Å². The van der Waals surface area contributed by atoms with Crippen LogP contribution in [0.2, 0.25) is 0 Å². The van der Waals surface area contributed by atoms with Crippen LogP contribution in [-0.2, 0) is 9.53 Å². The van der Waals surface area contributed by atoms with Crippen LogP contribution < -0.4 is 0 Å². The molecule has 0 spiro atoms. The van der Waals surface area contributed by atoms with Crippen molar-refractivity contribution in [3.05, 3.63) is 35.6 Å². The lowest BCUT2D eigenvalue weighted by Crippen LogP contribution is -2.07. The molecular weight excluding hydrogens is 171 g/mol. The van der Waals surface area contributed by atoms with Gasteiger partial charge in [-0.1, -0.05) is 18.2 Å². The first-order valence-corrected chi connectivity index (χ1v) is 4.03. The van der Waals surface area contributed by atoms with Crippen LogP contribution in [0.15, 0.2) is 24.3 Å². The minimum Gasteiger partial charge on any atom is -0.365 e. The molecule has 0 bridgehead atoms. The summed E-state index contributed by atoms with van der Waals surface area (Å²) in [6.07, 6.45) is 0.737. The lowest BCUT2D eigenvalue weighted by atomic mass is 10.1. The summed E-state index contributed by atoms with van der Waals surface area (Å²) in [5, 5.41) is 0. The summed E-state index contributed by atoms with van der Waals surface area (Å²) in [6.45, 7) is 2.10. The van der Waals surface area contributed by atoms with Crippen molar-refractivity contribution in [2.45, 2.75) is 13.0 Å². The first-order chi connectivity index (χ1) is 6.29. The zero-order valence-electron chi connectivity index (χ0n) is 7.29. The molecule has 2 nitrogen and oxygen atoms in total. The molecule has 13 heavy (non-hydrogen) atoms. The van der Waals surface area contributed by atoms with Crippen LogP contribution in [0.3, 0.4) is 0 Å². The second-order valence-corrected chi connectivity index (χ2v) is 2.47. The summed E-state index contributed by atoms with van der Waals surface area (Å²) >= 11 is 0. The molecule has 1 atom stereocenters. The summed E-state index contributed by atoms with van der Waals surface area (Å²) in [6, 6.07) is 6.02. The summed E-state index contributed by atoms with van der Waals surface area (Å²) < 4.78 is 18.1. The zero-order valence-corrected chi connectivity index (χ0v) is 7.29. The van der Waals surface area contributed by atoms with Crippen LogP contribution in [-0.4, -0.2) is 12.9 Å². The van der Waals surface area contributed by atoms with E-state index in [0.29, 0.717) is 6.61 Å². The fourth-order valence-corrected chi connectivity index (χ4v) is 1.04. The van der Waals surface area contributed by atoms with Gasteiger partial charge in [0.25, 0.3) is 0 Å². The van der Waals surface area contributed by atoms with E-state index < -0.39 is 11.9 Å². The molecule has 3 heteroatoms. The predicted octanol–water partition coefficient (Wildman–Crippen LogP) is 2.01. The van der Waals surface area contributed by atoms with E-state index in [1.54, 1.807) is 25.3 Å². The first-order valence-electron chi connectivity index (χ1n) is 4.03. The van der Waals surface area contributed by atoms with E-state index in [-0.39, 0.29) is 5.56 Å². The van der Waals surface area contributed by atoms with Crippen LogP contribution in [0.4, 0.5) is 4.39 Å². The van der Waals surface area contributed by atoms with Gasteiger partial charge in [-0.2, -0.15) is 0 Å². The lowest BCUT2D eigenvalue weighted by molar-refractivity contribution is 0.105. The van der Waals surface area contributed by atoms with Gasteiger partial charge in [0.15, 0.2) is 6.10 Å². The molecule has 0 saturated heterocycles. The number of carbonyl (C=O) groups excluding carboxylic acids is 1. The Bertz CT molecular complexity index is 286. The summed E-state index contributed by atoms with van der Waals surface area (Å²) in [5.41, 5.74) is 0.236. The quantitative estimate of drug-likeness (QED) is 0.710. The van der Waals surface area contributed by atoms with Gasteiger partial charge in [-0.3, -0.25) is 4.79 Å². The summed E-state index contributed by atoms with van der Waals surface area (Å²) in [7, 11) is 0. The van der Waals surface area contributed by atoms with Gasteiger partial charge < -0.3 is 4.74 Å². The highest BCUT2D eigenvalue weighted by molar-refractivity contribution is 5.60. The van der Waals surface area contributed by atoms with Crippen molar-refractivity contribution in [1.29, 1.82) is 0 Å². The third-order valence-electron chi connectivity index (χ3n) is 1.63. The van der Waals surface area contributed by atoms with Crippen LogP contribution in [0.25, 0.3) is 0 Å². The Morgan fingerprint density at radius 1 is 1.54 bits per heavy atom. The fourth-order valence-electron chi connectivity index (χ4n) is 1.04. The number of halogens is 1. The number of ether oxygens (including phenoxy) is 1. The van der Waals surface area contributed by atoms with E-state index in [1.165, 1.54) is 12.1 Å². The zero-order chi connectivity index (χ0) is 9.68. The maximum absolute atomic E-state index is 13.1. The normalized spacial score (nSPS) is 12.5. The van der Waals surface area contributed by atoms with Gasteiger partial charge in [0, 0.05) is 12.2 Å². The molecule has 1 radical (unpaired) electrons. The average molecular weight is 181 g/mol. The molecule has 0 N–H and O–H groups in total. The van der Waals surface area contributed by atoms with Gasteiger partial charge in [-0.15, -0.1) is 0 Å². The Morgan fingerprint density at radius 3 is 2.77 bits per heavy atom. The number of hydrogen-bond acceptors (Lipinski definition) is 2. The minimum atomic E-state index is -0.911. The Hall–Kier alpha value is -1.22. The molecule has 1 rings (SSSR count).